The number of benzene rings is 1. The minimum absolute atomic E-state index is 0.177. The minimum Gasteiger partial charge on any atom is -0.448 e. The molecule has 1 aromatic heterocycles. The lowest BCUT2D eigenvalue weighted by molar-refractivity contribution is 0.0463. The Labute approximate surface area is 75.0 Å². The molecule has 2 rings (SSSR count). The van der Waals surface area contributed by atoms with Gasteiger partial charge in [0.25, 0.3) is 5.88 Å². The van der Waals surface area contributed by atoms with Crippen molar-refractivity contribution in [1.29, 1.82) is 0 Å². The molecule has 0 saturated heterocycles. The number of fused-ring (bicyclic) bond motifs is 1. The van der Waals surface area contributed by atoms with E-state index in [-0.39, 0.29) is 6.79 Å². The van der Waals surface area contributed by atoms with E-state index in [2.05, 4.69) is 5.16 Å². The highest BCUT2D eigenvalue weighted by Crippen LogP contribution is 2.23. The lowest BCUT2D eigenvalue weighted by atomic mass is 10.3. The third-order valence-electron chi connectivity index (χ3n) is 1.66. The molecule has 0 unspecified atom stereocenters. The van der Waals surface area contributed by atoms with E-state index in [4.69, 9.17) is 14.0 Å². The Morgan fingerprint density at radius 2 is 2.23 bits per heavy atom. The average molecular weight is 179 g/mol. The standard InChI is InChI=1S/C9H9NO3/c1-11-6-12-9-7-4-2-3-5-8(7)13-10-9/h2-5H,6H2,1H3. The molecule has 0 atom stereocenters. The summed E-state index contributed by atoms with van der Waals surface area (Å²) in [6.07, 6.45) is 0. The largest absolute Gasteiger partial charge is 0.448 e. The quantitative estimate of drug-likeness (QED) is 0.674. The van der Waals surface area contributed by atoms with Gasteiger partial charge < -0.3 is 14.0 Å². The highest BCUT2D eigenvalue weighted by Gasteiger charge is 2.06. The molecule has 0 saturated carbocycles. The number of para-hydroxylation sites is 1. The van der Waals surface area contributed by atoms with Gasteiger partial charge in [-0.2, -0.15) is 0 Å². The van der Waals surface area contributed by atoms with E-state index >= 15 is 0 Å². The number of methoxy groups -OCH3 is 1. The molecule has 0 aliphatic carbocycles. The Bertz CT molecular complexity index is 396. The lowest BCUT2D eigenvalue weighted by Crippen LogP contribution is -1.98. The van der Waals surface area contributed by atoms with Gasteiger partial charge in [0.2, 0.25) is 0 Å². The number of ether oxygens (including phenoxy) is 2. The second kappa shape index (κ2) is 3.45. The van der Waals surface area contributed by atoms with Gasteiger partial charge >= 0.3 is 0 Å². The third kappa shape index (κ3) is 1.48. The maximum atomic E-state index is 5.18. The van der Waals surface area contributed by atoms with Crippen molar-refractivity contribution in [3.63, 3.8) is 0 Å². The van der Waals surface area contributed by atoms with Crippen LogP contribution in [0.2, 0.25) is 0 Å². The second-order valence-electron chi connectivity index (χ2n) is 2.53. The van der Waals surface area contributed by atoms with Gasteiger partial charge in [0.15, 0.2) is 12.4 Å². The van der Waals surface area contributed by atoms with Crippen LogP contribution in [0.3, 0.4) is 0 Å². The van der Waals surface area contributed by atoms with Crippen molar-refractivity contribution in [2.75, 3.05) is 13.9 Å². The smallest absolute Gasteiger partial charge is 0.264 e. The zero-order chi connectivity index (χ0) is 9.10. The summed E-state index contributed by atoms with van der Waals surface area (Å²) in [4.78, 5) is 0. The molecule has 13 heavy (non-hydrogen) atoms. The zero-order valence-corrected chi connectivity index (χ0v) is 7.19. The third-order valence-corrected chi connectivity index (χ3v) is 1.66. The Balaban J connectivity index is 2.35. The first-order chi connectivity index (χ1) is 6.42. The molecule has 0 bridgehead atoms. The number of rotatable bonds is 3. The summed E-state index contributed by atoms with van der Waals surface area (Å²) in [5.41, 5.74) is 0.716. The van der Waals surface area contributed by atoms with Gasteiger partial charge in [-0.1, -0.05) is 12.1 Å². The number of nitrogens with zero attached hydrogens (tertiary/aromatic N) is 1. The maximum absolute atomic E-state index is 5.18. The Kier molecular flexibility index (Phi) is 2.14. The van der Waals surface area contributed by atoms with Crippen molar-refractivity contribution in [2.45, 2.75) is 0 Å². The van der Waals surface area contributed by atoms with Gasteiger partial charge in [0, 0.05) is 7.11 Å². The van der Waals surface area contributed by atoms with Gasteiger partial charge in [0.1, 0.15) is 0 Å². The monoisotopic (exact) mass is 179 g/mol. The molecule has 0 amide bonds. The van der Waals surface area contributed by atoms with E-state index in [0.717, 1.165) is 5.39 Å². The fourth-order valence-electron chi connectivity index (χ4n) is 1.08. The van der Waals surface area contributed by atoms with Crippen molar-refractivity contribution < 1.29 is 14.0 Å². The topological polar surface area (TPSA) is 44.5 Å². The minimum atomic E-state index is 0.177. The summed E-state index contributed by atoms with van der Waals surface area (Å²) in [7, 11) is 1.56. The number of hydrogen-bond donors (Lipinski definition) is 0. The molecule has 0 spiro atoms. The van der Waals surface area contributed by atoms with Gasteiger partial charge in [-0.15, -0.1) is 0 Å². The summed E-state index contributed by atoms with van der Waals surface area (Å²) in [5.74, 6) is 0.470. The summed E-state index contributed by atoms with van der Waals surface area (Å²) >= 11 is 0. The maximum Gasteiger partial charge on any atom is 0.264 e. The molecule has 0 aliphatic heterocycles. The van der Waals surface area contributed by atoms with Crippen LogP contribution in [0, 0.1) is 0 Å². The SMILES string of the molecule is COCOc1noc2ccccc12. The number of aromatic nitrogens is 1. The van der Waals surface area contributed by atoms with E-state index in [0.29, 0.717) is 11.5 Å². The molecule has 1 aromatic carbocycles. The van der Waals surface area contributed by atoms with Gasteiger partial charge in [-0.25, -0.2) is 0 Å². The predicted molar refractivity (Wildman–Crippen MR) is 46.5 cm³/mol. The van der Waals surface area contributed by atoms with Gasteiger partial charge in [-0.3, -0.25) is 0 Å². The molecule has 0 N–H and O–H groups in total. The van der Waals surface area contributed by atoms with Crippen LogP contribution in [0.15, 0.2) is 28.8 Å². The van der Waals surface area contributed by atoms with Crippen LogP contribution in [0.25, 0.3) is 11.0 Å². The highest BCUT2D eigenvalue weighted by atomic mass is 16.7. The normalized spacial score (nSPS) is 10.5. The first-order valence-corrected chi connectivity index (χ1v) is 3.88. The van der Waals surface area contributed by atoms with E-state index in [1.165, 1.54) is 0 Å². The molecule has 0 radical (unpaired) electrons. The molecular weight excluding hydrogens is 170 g/mol. The highest BCUT2D eigenvalue weighted by molar-refractivity contribution is 5.81. The number of hydrogen-bond acceptors (Lipinski definition) is 4. The van der Waals surface area contributed by atoms with E-state index in [1.54, 1.807) is 7.11 Å². The van der Waals surface area contributed by atoms with E-state index in [9.17, 15) is 0 Å². The van der Waals surface area contributed by atoms with Crippen molar-refractivity contribution in [3.8, 4) is 5.88 Å². The van der Waals surface area contributed by atoms with Crippen LogP contribution in [0.4, 0.5) is 0 Å². The summed E-state index contributed by atoms with van der Waals surface area (Å²) in [6, 6.07) is 7.51. The molecule has 4 heteroatoms. The lowest BCUT2D eigenvalue weighted by Gasteiger charge is -1.98. The van der Waals surface area contributed by atoms with Crippen LogP contribution < -0.4 is 4.74 Å². The predicted octanol–water partition coefficient (Wildman–Crippen LogP) is 1.81. The molecule has 2 aromatic rings. The summed E-state index contributed by atoms with van der Waals surface area (Å²) in [5, 5.41) is 4.62. The molecule has 68 valence electrons. The molecular formula is C9H9NO3. The van der Waals surface area contributed by atoms with E-state index < -0.39 is 0 Å². The second-order valence-corrected chi connectivity index (χ2v) is 2.53. The fourth-order valence-corrected chi connectivity index (χ4v) is 1.08. The van der Waals surface area contributed by atoms with Gasteiger partial charge in [-0.05, 0) is 17.3 Å². The van der Waals surface area contributed by atoms with E-state index in [1.807, 2.05) is 24.3 Å². The van der Waals surface area contributed by atoms with Crippen molar-refractivity contribution in [2.24, 2.45) is 0 Å². The molecule has 4 nitrogen and oxygen atoms in total. The zero-order valence-electron chi connectivity index (χ0n) is 7.19. The summed E-state index contributed by atoms with van der Waals surface area (Å²) < 4.78 is 15.0. The fraction of sp³-hybridized carbons (Fsp3) is 0.222. The Morgan fingerprint density at radius 3 is 3.08 bits per heavy atom. The van der Waals surface area contributed by atoms with Crippen molar-refractivity contribution in [3.05, 3.63) is 24.3 Å². The first kappa shape index (κ1) is 8.07. The Morgan fingerprint density at radius 1 is 1.38 bits per heavy atom. The van der Waals surface area contributed by atoms with Crippen molar-refractivity contribution >= 4 is 11.0 Å². The van der Waals surface area contributed by atoms with Crippen LogP contribution in [-0.4, -0.2) is 19.1 Å². The summed E-state index contributed by atoms with van der Waals surface area (Å²) in [6.45, 7) is 0.177. The Hall–Kier alpha value is -1.55. The first-order valence-electron chi connectivity index (χ1n) is 3.88. The molecule has 0 aliphatic rings. The average Bonchev–Trinajstić information content (AvgIpc) is 2.58. The molecule has 0 fully saturated rings. The van der Waals surface area contributed by atoms with Crippen LogP contribution in [0.1, 0.15) is 0 Å². The van der Waals surface area contributed by atoms with Crippen molar-refractivity contribution in [1.82, 2.24) is 5.16 Å². The van der Waals surface area contributed by atoms with Crippen LogP contribution in [0.5, 0.6) is 5.88 Å². The van der Waals surface area contributed by atoms with Gasteiger partial charge in [0.05, 0.1) is 5.39 Å². The van der Waals surface area contributed by atoms with Crippen LogP contribution >= 0.6 is 0 Å². The van der Waals surface area contributed by atoms with Crippen LogP contribution in [-0.2, 0) is 4.74 Å². The molecule has 1 heterocycles.